The highest BCUT2D eigenvalue weighted by Crippen LogP contribution is 2.44. The lowest BCUT2D eigenvalue weighted by Gasteiger charge is -2.18. The van der Waals surface area contributed by atoms with Crippen molar-refractivity contribution < 1.29 is 28.6 Å². The van der Waals surface area contributed by atoms with Gasteiger partial charge in [0.15, 0.2) is 11.5 Å². The number of methoxy groups -OCH3 is 2. The molecule has 1 aliphatic rings. The Morgan fingerprint density at radius 3 is 2.24 bits per heavy atom. The molecule has 1 atom stereocenters. The van der Waals surface area contributed by atoms with Crippen molar-refractivity contribution in [1.29, 1.82) is 0 Å². The first-order chi connectivity index (χ1) is 9.92. The van der Waals surface area contributed by atoms with E-state index in [2.05, 4.69) is 0 Å². The monoisotopic (exact) mass is 292 g/mol. The average Bonchev–Trinajstić information content (AvgIpc) is 2.74. The van der Waals surface area contributed by atoms with Gasteiger partial charge < -0.3 is 14.2 Å². The van der Waals surface area contributed by atoms with Crippen LogP contribution in [0.15, 0.2) is 12.1 Å². The number of hydrogen-bond acceptors (Lipinski definition) is 6. The molecule has 112 valence electrons. The smallest absolute Gasteiger partial charge is 0.343 e. The van der Waals surface area contributed by atoms with Crippen LogP contribution < -0.4 is 9.47 Å². The van der Waals surface area contributed by atoms with Crippen LogP contribution >= 0.6 is 0 Å². The molecule has 0 radical (unpaired) electrons. The van der Waals surface area contributed by atoms with E-state index in [0.29, 0.717) is 11.3 Å². The lowest BCUT2D eigenvalue weighted by Crippen LogP contribution is -2.27. The average molecular weight is 292 g/mol. The Labute approximate surface area is 122 Å². The fourth-order valence-corrected chi connectivity index (χ4v) is 2.59. The molecule has 1 aromatic carbocycles. The van der Waals surface area contributed by atoms with E-state index in [1.165, 1.54) is 28.1 Å². The minimum absolute atomic E-state index is 0.203. The van der Waals surface area contributed by atoms with Gasteiger partial charge in [-0.2, -0.15) is 0 Å². The van der Waals surface area contributed by atoms with Crippen molar-refractivity contribution in [3.63, 3.8) is 0 Å². The topological polar surface area (TPSA) is 78.9 Å². The first kappa shape index (κ1) is 15.0. The summed E-state index contributed by atoms with van der Waals surface area (Å²) in [4.78, 5) is 35.5. The third-order valence-corrected chi connectivity index (χ3v) is 3.50. The number of cyclic esters (lactones) is 1. The Morgan fingerprint density at radius 1 is 1.14 bits per heavy atom. The number of fused-ring (bicyclic) bond motifs is 1. The van der Waals surface area contributed by atoms with Crippen LogP contribution in [0.25, 0.3) is 0 Å². The molecule has 1 heterocycles. The number of carbonyl (C=O) groups is 3. The predicted molar refractivity (Wildman–Crippen MR) is 72.6 cm³/mol. The van der Waals surface area contributed by atoms with Gasteiger partial charge >= 0.3 is 5.97 Å². The van der Waals surface area contributed by atoms with Crippen LogP contribution in [0.4, 0.5) is 0 Å². The number of ketones is 2. The van der Waals surface area contributed by atoms with Crippen molar-refractivity contribution in [3.8, 4) is 11.5 Å². The second kappa shape index (κ2) is 5.55. The quantitative estimate of drug-likeness (QED) is 0.607. The van der Waals surface area contributed by atoms with Crippen LogP contribution in [0.2, 0.25) is 0 Å². The summed E-state index contributed by atoms with van der Waals surface area (Å²) in [6.07, 6.45) is -0.915. The second-order valence-corrected chi connectivity index (χ2v) is 4.79. The Bertz CT molecular complexity index is 605. The highest BCUT2D eigenvalue weighted by molar-refractivity contribution is 6.04. The van der Waals surface area contributed by atoms with Gasteiger partial charge in [0.2, 0.25) is 0 Å². The van der Waals surface area contributed by atoms with Crippen molar-refractivity contribution >= 4 is 17.5 Å². The summed E-state index contributed by atoms with van der Waals surface area (Å²) < 4.78 is 15.6. The largest absolute Gasteiger partial charge is 0.493 e. The van der Waals surface area contributed by atoms with Gasteiger partial charge in [0, 0.05) is 5.56 Å². The van der Waals surface area contributed by atoms with Crippen molar-refractivity contribution in [2.75, 3.05) is 14.2 Å². The van der Waals surface area contributed by atoms with Gasteiger partial charge in [0.1, 0.15) is 29.2 Å². The van der Waals surface area contributed by atoms with E-state index < -0.39 is 18.0 Å². The summed E-state index contributed by atoms with van der Waals surface area (Å²) in [6.45, 7) is 2.61. The minimum atomic E-state index is -1.01. The molecule has 2 rings (SSSR count). The molecule has 0 saturated heterocycles. The maximum absolute atomic E-state index is 12.1. The Hall–Kier alpha value is -2.37. The number of esters is 1. The fraction of sp³-hybridized carbons (Fsp3) is 0.400. The molecule has 0 aliphatic carbocycles. The number of carbonyl (C=O) groups excluding carboxylic acids is 3. The zero-order valence-corrected chi connectivity index (χ0v) is 12.3. The van der Waals surface area contributed by atoms with Gasteiger partial charge in [-0.1, -0.05) is 6.07 Å². The van der Waals surface area contributed by atoms with E-state index in [0.717, 1.165) is 0 Å². The highest BCUT2D eigenvalue weighted by Gasteiger charge is 2.43. The molecule has 0 aromatic heterocycles. The van der Waals surface area contributed by atoms with Crippen LogP contribution in [-0.2, 0) is 14.3 Å². The van der Waals surface area contributed by atoms with E-state index in [4.69, 9.17) is 14.2 Å². The molecule has 1 aliphatic heterocycles. The van der Waals surface area contributed by atoms with E-state index in [9.17, 15) is 14.4 Å². The van der Waals surface area contributed by atoms with Crippen molar-refractivity contribution in [2.24, 2.45) is 5.92 Å². The highest BCUT2D eigenvalue weighted by atomic mass is 16.6. The number of hydrogen-bond donors (Lipinski definition) is 0. The van der Waals surface area contributed by atoms with Gasteiger partial charge in [-0.15, -0.1) is 0 Å². The third-order valence-electron chi connectivity index (χ3n) is 3.50. The normalized spacial score (nSPS) is 16.4. The van der Waals surface area contributed by atoms with Gasteiger partial charge in [-0.25, -0.2) is 4.79 Å². The molecule has 21 heavy (non-hydrogen) atoms. The molecule has 0 fully saturated rings. The second-order valence-electron chi connectivity index (χ2n) is 4.79. The molecule has 6 nitrogen and oxygen atoms in total. The molecular weight excluding hydrogens is 276 g/mol. The molecule has 0 amide bonds. The molecular formula is C15H16O6. The third kappa shape index (κ3) is 2.37. The lowest BCUT2D eigenvalue weighted by atomic mass is 9.88. The van der Waals surface area contributed by atoms with E-state index in [-0.39, 0.29) is 22.9 Å². The maximum atomic E-state index is 12.1. The van der Waals surface area contributed by atoms with Crippen LogP contribution in [0.1, 0.15) is 35.9 Å². The van der Waals surface area contributed by atoms with Gasteiger partial charge in [-0.3, -0.25) is 9.59 Å². The maximum Gasteiger partial charge on any atom is 0.343 e. The van der Waals surface area contributed by atoms with Crippen molar-refractivity contribution in [2.45, 2.75) is 20.0 Å². The van der Waals surface area contributed by atoms with Gasteiger partial charge in [0.25, 0.3) is 0 Å². The SMILES string of the molecule is COc1ccc2c(c1OC)C(=O)O[C@@H]2C(C(C)=O)C(C)=O. The molecule has 0 spiro atoms. The molecule has 1 aromatic rings. The number of rotatable bonds is 5. The summed E-state index contributed by atoms with van der Waals surface area (Å²) in [6, 6.07) is 3.23. The number of benzene rings is 1. The first-order valence-corrected chi connectivity index (χ1v) is 6.39. The zero-order valence-electron chi connectivity index (χ0n) is 12.3. The summed E-state index contributed by atoms with van der Waals surface area (Å²) in [5, 5.41) is 0. The number of ether oxygens (including phenoxy) is 3. The zero-order chi connectivity index (χ0) is 15.7. The Morgan fingerprint density at radius 2 is 1.76 bits per heavy atom. The minimum Gasteiger partial charge on any atom is -0.493 e. The predicted octanol–water partition coefficient (Wildman–Crippen LogP) is 1.71. The van der Waals surface area contributed by atoms with E-state index in [1.54, 1.807) is 12.1 Å². The van der Waals surface area contributed by atoms with Gasteiger partial charge in [0.05, 0.1) is 14.2 Å². The number of Topliss-reactive ketones (excluding diaryl/α,β-unsaturated/α-hetero) is 2. The van der Waals surface area contributed by atoms with Crippen molar-refractivity contribution in [3.05, 3.63) is 23.3 Å². The Balaban J connectivity index is 2.59. The lowest BCUT2D eigenvalue weighted by molar-refractivity contribution is -0.134. The molecule has 0 unspecified atom stereocenters. The van der Waals surface area contributed by atoms with E-state index in [1.807, 2.05) is 0 Å². The summed E-state index contributed by atoms with van der Waals surface area (Å²) in [7, 11) is 2.86. The standard InChI is InChI=1S/C15H16O6/c1-7(16)11(8(2)17)13-9-5-6-10(19-3)14(20-4)12(9)15(18)21-13/h5-6,11,13H,1-4H3/t13-/m0/s1. The van der Waals surface area contributed by atoms with Crippen LogP contribution in [0, 0.1) is 5.92 Å². The summed E-state index contributed by atoms with van der Waals surface area (Å²) in [5.74, 6) is -1.69. The molecule has 0 bridgehead atoms. The molecule has 0 N–H and O–H groups in total. The van der Waals surface area contributed by atoms with Gasteiger partial charge in [-0.05, 0) is 19.9 Å². The van der Waals surface area contributed by atoms with E-state index >= 15 is 0 Å². The molecule has 6 heteroatoms. The van der Waals surface area contributed by atoms with Crippen LogP contribution in [-0.4, -0.2) is 31.8 Å². The Kier molecular flexibility index (Phi) is 3.97. The molecule has 0 saturated carbocycles. The summed E-state index contributed by atoms with van der Waals surface area (Å²) >= 11 is 0. The van der Waals surface area contributed by atoms with Crippen LogP contribution in [0.5, 0.6) is 11.5 Å². The van der Waals surface area contributed by atoms with Crippen molar-refractivity contribution in [1.82, 2.24) is 0 Å². The van der Waals surface area contributed by atoms with Crippen LogP contribution in [0.3, 0.4) is 0 Å². The fourth-order valence-electron chi connectivity index (χ4n) is 2.59. The first-order valence-electron chi connectivity index (χ1n) is 6.39. The summed E-state index contributed by atoms with van der Waals surface area (Å²) in [5.41, 5.74) is 0.669.